The Hall–Kier alpha value is -2.43. The van der Waals surface area contributed by atoms with Crippen molar-refractivity contribution in [3.63, 3.8) is 0 Å². The predicted octanol–water partition coefficient (Wildman–Crippen LogP) is 2.96. The van der Waals surface area contributed by atoms with Crippen LogP contribution in [0.3, 0.4) is 0 Å². The summed E-state index contributed by atoms with van der Waals surface area (Å²) in [6.45, 7) is 0. The standard InChI is InChI=1S/C12H10N2O3/c1-13-14-10-6-9(12(16)17)11(15)8-5-3-2-4-7(8)10/h2-6,15H,1H3,(H,16,17)/b14-13+. The normalized spacial score (nSPS) is 11.1. The number of hydrogen-bond acceptors (Lipinski definition) is 4. The first-order valence-corrected chi connectivity index (χ1v) is 4.93. The number of aromatic carboxylic acids is 1. The second-order valence-corrected chi connectivity index (χ2v) is 3.44. The van der Waals surface area contributed by atoms with E-state index in [1.807, 2.05) is 0 Å². The largest absolute Gasteiger partial charge is 0.506 e. The highest BCUT2D eigenvalue weighted by Gasteiger charge is 2.15. The van der Waals surface area contributed by atoms with Crippen molar-refractivity contribution in [2.45, 2.75) is 0 Å². The zero-order valence-corrected chi connectivity index (χ0v) is 9.08. The van der Waals surface area contributed by atoms with Gasteiger partial charge in [-0.25, -0.2) is 4.79 Å². The highest BCUT2D eigenvalue weighted by molar-refractivity contribution is 6.05. The van der Waals surface area contributed by atoms with E-state index in [0.717, 1.165) is 0 Å². The molecule has 2 aromatic carbocycles. The summed E-state index contributed by atoms with van der Waals surface area (Å²) in [4.78, 5) is 11.0. The summed E-state index contributed by atoms with van der Waals surface area (Å²) in [5.74, 6) is -1.44. The Bertz CT molecular complexity index is 620. The van der Waals surface area contributed by atoms with Gasteiger partial charge < -0.3 is 10.2 Å². The molecule has 0 spiro atoms. The van der Waals surface area contributed by atoms with Crippen LogP contribution in [0.4, 0.5) is 5.69 Å². The molecule has 0 aliphatic heterocycles. The first-order valence-electron chi connectivity index (χ1n) is 4.93. The van der Waals surface area contributed by atoms with E-state index in [4.69, 9.17) is 5.11 Å². The molecule has 2 rings (SSSR count). The Balaban J connectivity index is 2.89. The minimum absolute atomic E-state index is 0.175. The van der Waals surface area contributed by atoms with E-state index >= 15 is 0 Å². The van der Waals surface area contributed by atoms with E-state index in [-0.39, 0.29) is 11.3 Å². The molecular formula is C12H10N2O3. The SMILES string of the molecule is C/N=N/c1cc(C(=O)O)c(O)c2ccccc12. The van der Waals surface area contributed by atoms with Crippen molar-refractivity contribution in [2.75, 3.05) is 7.05 Å². The van der Waals surface area contributed by atoms with Gasteiger partial charge in [0.05, 0.1) is 5.69 Å². The Morgan fingerprint density at radius 3 is 2.47 bits per heavy atom. The van der Waals surface area contributed by atoms with Crippen LogP contribution in [0.1, 0.15) is 10.4 Å². The number of carbonyl (C=O) groups is 1. The summed E-state index contributed by atoms with van der Waals surface area (Å²) < 4.78 is 0. The number of rotatable bonds is 2. The van der Waals surface area contributed by atoms with Crippen LogP contribution in [0, 0.1) is 0 Å². The Morgan fingerprint density at radius 2 is 1.88 bits per heavy atom. The van der Waals surface area contributed by atoms with Gasteiger partial charge in [-0.2, -0.15) is 10.2 Å². The van der Waals surface area contributed by atoms with E-state index in [1.165, 1.54) is 13.1 Å². The molecule has 0 aliphatic carbocycles. The molecule has 0 aliphatic rings. The second kappa shape index (κ2) is 4.21. The van der Waals surface area contributed by atoms with Crippen LogP contribution in [0.15, 0.2) is 40.6 Å². The molecule has 0 atom stereocenters. The van der Waals surface area contributed by atoms with Gasteiger partial charge in [0, 0.05) is 17.8 Å². The summed E-state index contributed by atoms with van der Waals surface area (Å²) in [5, 5.41) is 27.5. The molecule has 0 saturated heterocycles. The van der Waals surface area contributed by atoms with Crippen molar-refractivity contribution in [2.24, 2.45) is 10.2 Å². The van der Waals surface area contributed by atoms with Crippen LogP contribution in [0.5, 0.6) is 5.75 Å². The minimum Gasteiger partial charge on any atom is -0.506 e. The van der Waals surface area contributed by atoms with Gasteiger partial charge in [0.1, 0.15) is 11.3 Å². The third-order valence-corrected chi connectivity index (χ3v) is 2.43. The van der Waals surface area contributed by atoms with Gasteiger partial charge >= 0.3 is 5.97 Å². The molecule has 0 saturated carbocycles. The van der Waals surface area contributed by atoms with Gasteiger partial charge in [-0.15, -0.1) is 0 Å². The van der Waals surface area contributed by atoms with Gasteiger partial charge in [0.2, 0.25) is 0 Å². The van der Waals surface area contributed by atoms with E-state index in [9.17, 15) is 9.90 Å². The topological polar surface area (TPSA) is 82.2 Å². The quantitative estimate of drug-likeness (QED) is 0.778. The Kier molecular flexibility index (Phi) is 2.74. The first kappa shape index (κ1) is 11.1. The maximum atomic E-state index is 11.0. The third kappa shape index (κ3) is 1.82. The van der Waals surface area contributed by atoms with Crippen molar-refractivity contribution in [1.29, 1.82) is 0 Å². The van der Waals surface area contributed by atoms with Crippen LogP contribution in [0.25, 0.3) is 10.8 Å². The molecule has 0 aromatic heterocycles. The van der Waals surface area contributed by atoms with E-state index in [2.05, 4.69) is 10.2 Å². The fraction of sp³-hybridized carbons (Fsp3) is 0.0833. The smallest absolute Gasteiger partial charge is 0.339 e. The van der Waals surface area contributed by atoms with Gasteiger partial charge in [0.25, 0.3) is 0 Å². The van der Waals surface area contributed by atoms with Crippen LogP contribution in [-0.2, 0) is 0 Å². The van der Waals surface area contributed by atoms with Crippen LogP contribution in [0.2, 0.25) is 0 Å². The Labute approximate surface area is 97.0 Å². The molecule has 0 bridgehead atoms. The maximum absolute atomic E-state index is 11.0. The number of carboxylic acid groups (broad SMARTS) is 1. The maximum Gasteiger partial charge on any atom is 0.339 e. The van der Waals surface area contributed by atoms with Crippen molar-refractivity contribution >= 4 is 22.4 Å². The number of benzene rings is 2. The molecule has 0 radical (unpaired) electrons. The van der Waals surface area contributed by atoms with E-state index in [1.54, 1.807) is 24.3 Å². The molecule has 86 valence electrons. The van der Waals surface area contributed by atoms with E-state index in [0.29, 0.717) is 16.5 Å². The lowest BCUT2D eigenvalue weighted by molar-refractivity contribution is 0.0694. The summed E-state index contributed by atoms with van der Waals surface area (Å²) in [7, 11) is 1.50. The lowest BCUT2D eigenvalue weighted by Crippen LogP contribution is -1.97. The summed E-state index contributed by atoms with van der Waals surface area (Å²) in [6.07, 6.45) is 0. The number of nitrogens with zero attached hydrogens (tertiary/aromatic N) is 2. The molecule has 2 N–H and O–H groups in total. The number of fused-ring (bicyclic) bond motifs is 1. The fourth-order valence-corrected chi connectivity index (χ4v) is 1.69. The molecule has 0 heterocycles. The lowest BCUT2D eigenvalue weighted by atomic mass is 10.0. The van der Waals surface area contributed by atoms with Crippen LogP contribution >= 0.6 is 0 Å². The molecule has 17 heavy (non-hydrogen) atoms. The fourth-order valence-electron chi connectivity index (χ4n) is 1.69. The van der Waals surface area contributed by atoms with Gasteiger partial charge in [-0.3, -0.25) is 0 Å². The summed E-state index contributed by atoms with van der Waals surface area (Å²) >= 11 is 0. The van der Waals surface area contributed by atoms with Gasteiger partial charge in [0.15, 0.2) is 0 Å². The number of azo groups is 1. The second-order valence-electron chi connectivity index (χ2n) is 3.44. The molecule has 0 amide bonds. The van der Waals surface area contributed by atoms with Crippen LogP contribution < -0.4 is 0 Å². The average Bonchev–Trinajstić information content (AvgIpc) is 2.33. The van der Waals surface area contributed by atoms with Crippen molar-refractivity contribution in [1.82, 2.24) is 0 Å². The molecule has 5 nitrogen and oxygen atoms in total. The van der Waals surface area contributed by atoms with Gasteiger partial charge in [-0.05, 0) is 6.07 Å². The number of carboxylic acids is 1. The lowest BCUT2D eigenvalue weighted by Gasteiger charge is -2.06. The third-order valence-electron chi connectivity index (χ3n) is 2.43. The summed E-state index contributed by atoms with van der Waals surface area (Å²) in [6, 6.07) is 8.22. The van der Waals surface area contributed by atoms with Crippen molar-refractivity contribution < 1.29 is 15.0 Å². The highest BCUT2D eigenvalue weighted by atomic mass is 16.4. The molecule has 5 heteroatoms. The molecule has 0 unspecified atom stereocenters. The predicted molar refractivity (Wildman–Crippen MR) is 63.0 cm³/mol. The first-order chi connectivity index (χ1) is 8.15. The van der Waals surface area contributed by atoms with Gasteiger partial charge in [-0.1, -0.05) is 24.3 Å². The van der Waals surface area contributed by atoms with Crippen LogP contribution in [-0.4, -0.2) is 23.2 Å². The molecular weight excluding hydrogens is 220 g/mol. The van der Waals surface area contributed by atoms with Crippen molar-refractivity contribution in [3.8, 4) is 5.75 Å². The summed E-state index contributed by atoms with van der Waals surface area (Å²) in [5.41, 5.74) is 0.254. The number of phenols is 1. The molecule has 0 fully saturated rings. The zero-order valence-electron chi connectivity index (χ0n) is 9.08. The number of hydrogen-bond donors (Lipinski definition) is 2. The highest BCUT2D eigenvalue weighted by Crippen LogP contribution is 2.36. The zero-order chi connectivity index (χ0) is 12.4. The monoisotopic (exact) mass is 230 g/mol. The van der Waals surface area contributed by atoms with Crippen molar-refractivity contribution in [3.05, 3.63) is 35.9 Å². The average molecular weight is 230 g/mol. The van der Waals surface area contributed by atoms with E-state index < -0.39 is 5.97 Å². The number of aromatic hydroxyl groups is 1. The molecule has 2 aromatic rings. The minimum atomic E-state index is -1.19. The Morgan fingerprint density at radius 1 is 1.24 bits per heavy atom.